The summed E-state index contributed by atoms with van der Waals surface area (Å²) < 4.78 is 1.01. The number of nitrogens with two attached hydrogens (primary N) is 1. The van der Waals surface area contributed by atoms with Gasteiger partial charge in [-0.15, -0.1) is 0 Å². The van der Waals surface area contributed by atoms with Crippen LogP contribution in [0.4, 0.5) is 10.8 Å². The summed E-state index contributed by atoms with van der Waals surface area (Å²) in [5, 5.41) is 4.59. The summed E-state index contributed by atoms with van der Waals surface area (Å²) >= 11 is 7.45. The Bertz CT molecular complexity index is 800. The molecule has 0 radical (unpaired) electrons. The number of carbonyl (C=O) groups is 1. The van der Waals surface area contributed by atoms with Crippen molar-refractivity contribution < 1.29 is 4.79 Å². The highest BCUT2D eigenvalue weighted by molar-refractivity contribution is 7.22. The van der Waals surface area contributed by atoms with Crippen molar-refractivity contribution in [2.24, 2.45) is 5.73 Å². The van der Waals surface area contributed by atoms with E-state index in [9.17, 15) is 4.79 Å². The number of anilines is 2. The van der Waals surface area contributed by atoms with Gasteiger partial charge in [-0.2, -0.15) is 0 Å². The maximum Gasteiger partial charge on any atom is 0.248 e. The van der Waals surface area contributed by atoms with Crippen LogP contribution in [-0.2, 0) is 0 Å². The monoisotopic (exact) mass is 303 g/mol. The van der Waals surface area contributed by atoms with Crippen LogP contribution in [0.3, 0.4) is 0 Å². The first-order valence-electron chi connectivity index (χ1n) is 5.85. The molecule has 20 heavy (non-hydrogen) atoms. The van der Waals surface area contributed by atoms with Crippen molar-refractivity contribution >= 4 is 49.9 Å². The molecule has 0 fully saturated rings. The normalized spacial score (nSPS) is 10.7. The molecule has 0 saturated heterocycles. The summed E-state index contributed by atoms with van der Waals surface area (Å²) in [6, 6.07) is 12.5. The minimum Gasteiger partial charge on any atom is -0.366 e. The number of halogens is 1. The first-order valence-corrected chi connectivity index (χ1v) is 7.04. The molecule has 0 atom stereocenters. The number of carbonyl (C=O) groups excluding carboxylic acids is 1. The molecule has 4 nitrogen and oxygen atoms in total. The van der Waals surface area contributed by atoms with E-state index in [0.717, 1.165) is 21.0 Å². The van der Waals surface area contributed by atoms with E-state index < -0.39 is 5.91 Å². The number of aromatic nitrogens is 1. The maximum atomic E-state index is 11.2. The van der Waals surface area contributed by atoms with Crippen LogP contribution in [0.1, 0.15) is 10.4 Å². The van der Waals surface area contributed by atoms with Crippen LogP contribution in [0.5, 0.6) is 0 Å². The van der Waals surface area contributed by atoms with Gasteiger partial charge in [0.15, 0.2) is 5.13 Å². The highest BCUT2D eigenvalue weighted by Gasteiger charge is 2.06. The first-order chi connectivity index (χ1) is 9.61. The van der Waals surface area contributed by atoms with Gasteiger partial charge in [0.2, 0.25) is 5.91 Å². The van der Waals surface area contributed by atoms with Crippen LogP contribution < -0.4 is 11.1 Å². The average molecular weight is 304 g/mol. The molecule has 0 aliphatic carbocycles. The third-order valence-electron chi connectivity index (χ3n) is 2.75. The quantitative estimate of drug-likeness (QED) is 0.773. The fourth-order valence-corrected chi connectivity index (χ4v) is 2.99. The maximum absolute atomic E-state index is 11.2. The van der Waals surface area contributed by atoms with Gasteiger partial charge in [-0.05, 0) is 36.4 Å². The molecular weight excluding hydrogens is 294 g/mol. The van der Waals surface area contributed by atoms with Gasteiger partial charge in [-0.25, -0.2) is 4.98 Å². The fraction of sp³-hybridized carbons (Fsp3) is 0. The van der Waals surface area contributed by atoms with Crippen LogP contribution in [0.2, 0.25) is 5.02 Å². The van der Waals surface area contributed by atoms with Crippen molar-refractivity contribution in [3.05, 3.63) is 53.1 Å². The zero-order chi connectivity index (χ0) is 14.1. The zero-order valence-corrected chi connectivity index (χ0v) is 11.8. The summed E-state index contributed by atoms with van der Waals surface area (Å²) in [5.74, 6) is -0.454. The fourth-order valence-electron chi connectivity index (χ4n) is 1.83. The largest absolute Gasteiger partial charge is 0.366 e. The molecule has 3 N–H and O–H groups in total. The van der Waals surface area contributed by atoms with Gasteiger partial charge in [-0.1, -0.05) is 29.0 Å². The van der Waals surface area contributed by atoms with E-state index in [2.05, 4.69) is 10.3 Å². The SMILES string of the molecule is NC(=O)c1cccc(Nc2nc3ccc(Cl)cc3s2)c1. The van der Waals surface area contributed by atoms with Crippen molar-refractivity contribution in [1.82, 2.24) is 4.98 Å². The van der Waals surface area contributed by atoms with E-state index in [1.165, 1.54) is 11.3 Å². The Morgan fingerprint density at radius 3 is 2.90 bits per heavy atom. The Kier molecular flexibility index (Phi) is 3.30. The second-order valence-corrected chi connectivity index (χ2v) is 5.67. The van der Waals surface area contributed by atoms with E-state index in [4.69, 9.17) is 17.3 Å². The molecule has 0 aliphatic heterocycles. The number of hydrogen-bond acceptors (Lipinski definition) is 4. The Hall–Kier alpha value is -2.11. The minimum atomic E-state index is -0.454. The van der Waals surface area contributed by atoms with E-state index in [1.54, 1.807) is 24.3 Å². The van der Waals surface area contributed by atoms with E-state index in [-0.39, 0.29) is 0 Å². The van der Waals surface area contributed by atoms with Crippen LogP contribution in [0, 0.1) is 0 Å². The molecular formula is C14H10ClN3OS. The molecule has 6 heteroatoms. The Balaban J connectivity index is 1.92. The summed E-state index contributed by atoms with van der Waals surface area (Å²) in [6.45, 7) is 0. The lowest BCUT2D eigenvalue weighted by atomic mass is 10.2. The smallest absolute Gasteiger partial charge is 0.248 e. The summed E-state index contributed by atoms with van der Waals surface area (Å²) in [7, 11) is 0. The van der Waals surface area contributed by atoms with Crippen LogP contribution in [-0.4, -0.2) is 10.9 Å². The standard InChI is InChI=1S/C14H10ClN3OS/c15-9-4-5-11-12(7-9)20-14(18-11)17-10-3-1-2-8(6-10)13(16)19/h1-7H,(H2,16,19)(H,17,18). The van der Waals surface area contributed by atoms with Gasteiger partial charge in [-0.3, -0.25) is 4.79 Å². The molecule has 0 bridgehead atoms. The lowest BCUT2D eigenvalue weighted by Gasteiger charge is -2.03. The molecule has 0 saturated carbocycles. The minimum absolute atomic E-state index is 0.454. The molecule has 1 aromatic heterocycles. The highest BCUT2D eigenvalue weighted by Crippen LogP contribution is 2.30. The van der Waals surface area contributed by atoms with Gasteiger partial charge in [0.05, 0.1) is 10.2 Å². The van der Waals surface area contributed by atoms with Gasteiger partial charge in [0.25, 0.3) is 0 Å². The number of rotatable bonds is 3. The number of primary amides is 1. The number of nitrogens with one attached hydrogen (secondary N) is 1. The highest BCUT2D eigenvalue weighted by atomic mass is 35.5. The zero-order valence-electron chi connectivity index (χ0n) is 10.3. The molecule has 3 rings (SSSR count). The predicted octanol–water partition coefficient (Wildman–Crippen LogP) is 3.79. The van der Waals surface area contributed by atoms with Crippen molar-refractivity contribution in [3.8, 4) is 0 Å². The molecule has 0 spiro atoms. The molecule has 0 aliphatic rings. The van der Waals surface area contributed by atoms with Gasteiger partial charge in [0.1, 0.15) is 0 Å². The Morgan fingerprint density at radius 1 is 1.25 bits per heavy atom. The summed E-state index contributed by atoms with van der Waals surface area (Å²) in [6.07, 6.45) is 0. The Morgan fingerprint density at radius 2 is 2.10 bits per heavy atom. The second kappa shape index (κ2) is 5.11. The molecule has 1 heterocycles. The number of hydrogen-bond donors (Lipinski definition) is 2. The topological polar surface area (TPSA) is 68.0 Å². The van der Waals surface area contributed by atoms with Crippen LogP contribution >= 0.6 is 22.9 Å². The van der Waals surface area contributed by atoms with Crippen molar-refractivity contribution in [1.29, 1.82) is 0 Å². The molecule has 2 aromatic carbocycles. The average Bonchev–Trinajstić information content (AvgIpc) is 2.80. The molecule has 100 valence electrons. The molecule has 3 aromatic rings. The lowest BCUT2D eigenvalue weighted by Crippen LogP contribution is -2.10. The molecule has 1 amide bonds. The van der Waals surface area contributed by atoms with Gasteiger partial charge in [0, 0.05) is 16.3 Å². The third kappa shape index (κ3) is 2.59. The van der Waals surface area contributed by atoms with Crippen LogP contribution in [0.15, 0.2) is 42.5 Å². The first kappa shape index (κ1) is 12.9. The summed E-state index contributed by atoms with van der Waals surface area (Å²) in [5.41, 5.74) is 7.37. The van der Waals surface area contributed by atoms with Crippen molar-refractivity contribution in [2.75, 3.05) is 5.32 Å². The van der Waals surface area contributed by atoms with Crippen molar-refractivity contribution in [2.45, 2.75) is 0 Å². The van der Waals surface area contributed by atoms with E-state index in [1.807, 2.05) is 18.2 Å². The predicted molar refractivity (Wildman–Crippen MR) is 82.9 cm³/mol. The molecule has 0 unspecified atom stereocenters. The van der Waals surface area contributed by atoms with Gasteiger partial charge >= 0.3 is 0 Å². The number of amides is 1. The van der Waals surface area contributed by atoms with Crippen molar-refractivity contribution in [3.63, 3.8) is 0 Å². The van der Waals surface area contributed by atoms with E-state index in [0.29, 0.717) is 10.6 Å². The Labute approximate surface area is 124 Å². The lowest BCUT2D eigenvalue weighted by molar-refractivity contribution is 0.100. The third-order valence-corrected chi connectivity index (χ3v) is 3.92. The number of fused-ring (bicyclic) bond motifs is 1. The number of thiazole rings is 1. The van der Waals surface area contributed by atoms with Gasteiger partial charge < -0.3 is 11.1 Å². The number of nitrogens with zero attached hydrogens (tertiary/aromatic N) is 1. The van der Waals surface area contributed by atoms with Crippen LogP contribution in [0.25, 0.3) is 10.2 Å². The van der Waals surface area contributed by atoms with E-state index >= 15 is 0 Å². The second-order valence-electron chi connectivity index (χ2n) is 4.20. The number of benzene rings is 2. The summed E-state index contributed by atoms with van der Waals surface area (Å²) in [4.78, 5) is 15.6.